The van der Waals surface area contributed by atoms with Crippen molar-refractivity contribution in [3.05, 3.63) is 51.0 Å². The standard InChI is InChI=1S/C18H21ClN4O5/c1-22-7-3-2-4-13(22)11-27-14-8-12(17(19)20-10-14)9-21-18(24)15-5-6-16(28-15)23(25)26/h5-6,8,10,13H,2-4,7,9,11H2,1H3,(H,21,24)/t13-/m1/s1. The van der Waals surface area contributed by atoms with Gasteiger partial charge in [-0.25, -0.2) is 4.98 Å². The molecule has 0 aromatic carbocycles. The van der Waals surface area contributed by atoms with Gasteiger partial charge in [0.05, 0.1) is 12.3 Å². The summed E-state index contributed by atoms with van der Waals surface area (Å²) in [5.41, 5.74) is 0.575. The van der Waals surface area contributed by atoms with Crippen LogP contribution in [0.4, 0.5) is 5.88 Å². The van der Waals surface area contributed by atoms with Crippen molar-refractivity contribution in [1.82, 2.24) is 15.2 Å². The highest BCUT2D eigenvalue weighted by Gasteiger charge is 2.20. The molecule has 3 rings (SSSR count). The van der Waals surface area contributed by atoms with Crippen molar-refractivity contribution in [3.8, 4) is 5.75 Å². The number of ether oxygens (including phenoxy) is 1. The van der Waals surface area contributed by atoms with Crippen LogP contribution in [0, 0.1) is 10.1 Å². The summed E-state index contributed by atoms with van der Waals surface area (Å²) in [6.07, 6.45) is 5.04. The molecule has 0 saturated carbocycles. The number of carbonyl (C=O) groups is 1. The Bertz CT molecular complexity index is 856. The maximum Gasteiger partial charge on any atom is 0.433 e. The van der Waals surface area contributed by atoms with E-state index in [-0.39, 0.29) is 17.5 Å². The van der Waals surface area contributed by atoms with Gasteiger partial charge in [-0.2, -0.15) is 0 Å². The van der Waals surface area contributed by atoms with Gasteiger partial charge in [-0.05, 0) is 38.6 Å². The van der Waals surface area contributed by atoms with Gasteiger partial charge < -0.3 is 19.4 Å². The number of nitrogens with zero attached hydrogens (tertiary/aromatic N) is 3. The second kappa shape index (κ2) is 9.03. The highest BCUT2D eigenvalue weighted by atomic mass is 35.5. The number of hydrogen-bond donors (Lipinski definition) is 1. The third-order valence-electron chi connectivity index (χ3n) is 4.69. The summed E-state index contributed by atoms with van der Waals surface area (Å²) < 4.78 is 10.7. The van der Waals surface area contributed by atoms with Crippen LogP contribution in [0.2, 0.25) is 5.15 Å². The quantitative estimate of drug-likeness (QED) is 0.425. The second-order valence-corrected chi connectivity index (χ2v) is 7.00. The number of carbonyl (C=O) groups excluding carboxylic acids is 1. The summed E-state index contributed by atoms with van der Waals surface area (Å²) in [6, 6.07) is 4.46. The number of aromatic nitrogens is 1. The molecule has 0 radical (unpaired) electrons. The molecule has 0 bridgehead atoms. The largest absolute Gasteiger partial charge is 0.490 e. The third kappa shape index (κ3) is 4.99. The first-order chi connectivity index (χ1) is 13.4. The fourth-order valence-electron chi connectivity index (χ4n) is 3.03. The molecule has 9 nitrogen and oxygen atoms in total. The van der Waals surface area contributed by atoms with Gasteiger partial charge in [0.25, 0.3) is 5.91 Å². The molecule has 1 N–H and O–H groups in total. The van der Waals surface area contributed by atoms with Crippen LogP contribution in [0.15, 0.2) is 28.8 Å². The Morgan fingerprint density at radius 3 is 3.04 bits per heavy atom. The average Bonchev–Trinajstić information content (AvgIpc) is 3.18. The molecule has 0 unspecified atom stereocenters. The SMILES string of the molecule is CN1CCCC[C@@H]1COc1cnc(Cl)c(CNC(=O)c2ccc([N+](=O)[O-])o2)c1. The van der Waals surface area contributed by atoms with Crippen molar-refractivity contribution in [2.45, 2.75) is 31.8 Å². The summed E-state index contributed by atoms with van der Waals surface area (Å²) >= 11 is 6.10. The van der Waals surface area contributed by atoms with Gasteiger partial charge in [0.15, 0.2) is 5.76 Å². The molecule has 2 aromatic heterocycles. The van der Waals surface area contributed by atoms with Gasteiger partial charge in [-0.3, -0.25) is 14.9 Å². The predicted molar refractivity (Wildman–Crippen MR) is 102 cm³/mol. The lowest BCUT2D eigenvalue weighted by Crippen LogP contribution is -2.40. The summed E-state index contributed by atoms with van der Waals surface area (Å²) in [5.74, 6) is -0.656. The molecular weight excluding hydrogens is 388 g/mol. The van der Waals surface area contributed by atoms with E-state index in [0.717, 1.165) is 19.0 Å². The molecule has 1 atom stereocenters. The highest BCUT2D eigenvalue weighted by molar-refractivity contribution is 6.30. The van der Waals surface area contributed by atoms with E-state index in [0.29, 0.717) is 24.0 Å². The Morgan fingerprint density at radius 2 is 2.32 bits per heavy atom. The minimum atomic E-state index is -0.706. The maximum atomic E-state index is 12.1. The fraction of sp³-hybridized carbons (Fsp3) is 0.444. The molecule has 1 amide bonds. The number of furan rings is 1. The number of rotatable bonds is 7. The molecule has 3 heterocycles. The molecule has 0 spiro atoms. The van der Waals surface area contributed by atoms with Crippen molar-refractivity contribution in [2.75, 3.05) is 20.2 Å². The molecule has 28 heavy (non-hydrogen) atoms. The van der Waals surface area contributed by atoms with Crippen molar-refractivity contribution in [1.29, 1.82) is 0 Å². The molecular formula is C18H21ClN4O5. The average molecular weight is 409 g/mol. The molecule has 1 aliphatic rings. The van der Waals surface area contributed by atoms with Crippen LogP contribution in [0.5, 0.6) is 5.75 Å². The monoisotopic (exact) mass is 408 g/mol. The van der Waals surface area contributed by atoms with Gasteiger partial charge in [0.1, 0.15) is 22.4 Å². The van der Waals surface area contributed by atoms with E-state index < -0.39 is 16.7 Å². The molecule has 1 aliphatic heterocycles. The topological polar surface area (TPSA) is 111 Å². The summed E-state index contributed by atoms with van der Waals surface area (Å²) in [7, 11) is 2.09. The Hall–Kier alpha value is -2.65. The summed E-state index contributed by atoms with van der Waals surface area (Å²) in [5, 5.41) is 13.5. The number of likely N-dealkylation sites (N-methyl/N-ethyl adjacent to an activating group) is 1. The van der Waals surface area contributed by atoms with Crippen molar-refractivity contribution in [3.63, 3.8) is 0 Å². The van der Waals surface area contributed by atoms with E-state index in [9.17, 15) is 14.9 Å². The number of amides is 1. The first kappa shape index (κ1) is 20.1. The number of pyridine rings is 1. The third-order valence-corrected chi connectivity index (χ3v) is 5.03. The molecule has 1 saturated heterocycles. The van der Waals surface area contributed by atoms with Crippen LogP contribution in [0.3, 0.4) is 0 Å². The summed E-state index contributed by atoms with van der Waals surface area (Å²) in [6.45, 7) is 1.70. The molecule has 1 fully saturated rings. The fourth-order valence-corrected chi connectivity index (χ4v) is 3.20. The molecule has 150 valence electrons. The number of nitro groups is 1. The number of piperidine rings is 1. The lowest BCUT2D eigenvalue weighted by Gasteiger charge is -2.32. The molecule has 0 aliphatic carbocycles. The maximum absolute atomic E-state index is 12.1. The molecule has 2 aromatic rings. The first-order valence-corrected chi connectivity index (χ1v) is 9.31. The highest BCUT2D eigenvalue weighted by Crippen LogP contribution is 2.22. The zero-order chi connectivity index (χ0) is 20.1. The van der Waals surface area contributed by atoms with Crippen molar-refractivity contribution >= 4 is 23.4 Å². The van der Waals surface area contributed by atoms with Gasteiger partial charge in [0, 0.05) is 18.2 Å². The minimum absolute atomic E-state index is 0.0830. The van der Waals surface area contributed by atoms with Crippen LogP contribution in [0.25, 0.3) is 0 Å². The lowest BCUT2D eigenvalue weighted by molar-refractivity contribution is -0.402. The number of hydrogen-bond acceptors (Lipinski definition) is 7. The van der Waals surface area contributed by atoms with Crippen LogP contribution < -0.4 is 10.1 Å². The van der Waals surface area contributed by atoms with Gasteiger partial charge in [-0.1, -0.05) is 18.0 Å². The minimum Gasteiger partial charge on any atom is -0.490 e. The number of nitrogens with one attached hydrogen (secondary N) is 1. The van der Waals surface area contributed by atoms with Crippen LogP contribution in [0.1, 0.15) is 35.4 Å². The Balaban J connectivity index is 1.58. The van der Waals surface area contributed by atoms with Crippen molar-refractivity contribution < 1.29 is 18.9 Å². The van der Waals surface area contributed by atoms with Gasteiger partial charge in [0.2, 0.25) is 0 Å². The van der Waals surface area contributed by atoms with Gasteiger partial charge in [-0.15, -0.1) is 0 Å². The molecule has 10 heteroatoms. The Kier molecular flexibility index (Phi) is 6.48. The number of likely N-dealkylation sites (tertiary alicyclic amines) is 1. The van der Waals surface area contributed by atoms with Crippen LogP contribution in [-0.4, -0.2) is 47.0 Å². The summed E-state index contributed by atoms with van der Waals surface area (Å²) in [4.78, 5) is 28.4. The lowest BCUT2D eigenvalue weighted by atomic mass is 10.0. The normalized spacial score (nSPS) is 17.3. The van der Waals surface area contributed by atoms with Gasteiger partial charge >= 0.3 is 5.88 Å². The Morgan fingerprint density at radius 1 is 1.50 bits per heavy atom. The van der Waals surface area contributed by atoms with E-state index in [4.69, 9.17) is 20.8 Å². The van der Waals surface area contributed by atoms with E-state index in [1.807, 2.05) is 0 Å². The number of halogens is 1. The predicted octanol–water partition coefficient (Wildman–Crippen LogP) is 3.03. The van der Waals surface area contributed by atoms with Crippen LogP contribution >= 0.6 is 11.6 Å². The van der Waals surface area contributed by atoms with E-state index in [1.54, 1.807) is 12.3 Å². The van der Waals surface area contributed by atoms with E-state index >= 15 is 0 Å². The van der Waals surface area contributed by atoms with E-state index in [1.165, 1.54) is 18.9 Å². The van der Waals surface area contributed by atoms with E-state index in [2.05, 4.69) is 22.2 Å². The Labute approximate surface area is 166 Å². The first-order valence-electron chi connectivity index (χ1n) is 8.94. The zero-order valence-electron chi connectivity index (χ0n) is 15.4. The van der Waals surface area contributed by atoms with Crippen molar-refractivity contribution in [2.24, 2.45) is 0 Å². The second-order valence-electron chi connectivity index (χ2n) is 6.64. The van der Waals surface area contributed by atoms with Crippen LogP contribution in [-0.2, 0) is 6.54 Å². The zero-order valence-corrected chi connectivity index (χ0v) is 16.1. The smallest absolute Gasteiger partial charge is 0.433 e.